The van der Waals surface area contributed by atoms with Crippen LogP contribution in [0.2, 0.25) is 5.02 Å². The first-order valence-corrected chi connectivity index (χ1v) is 16.2. The number of nitrogens with zero attached hydrogens (tertiary/aromatic N) is 2. The van der Waals surface area contributed by atoms with Crippen molar-refractivity contribution in [2.24, 2.45) is 5.41 Å². The van der Waals surface area contributed by atoms with E-state index in [1.165, 1.54) is 44.5 Å². The molecule has 228 valence electrons. The molecule has 2 aliphatic rings. The second-order valence-corrected chi connectivity index (χ2v) is 11.5. The highest BCUT2D eigenvalue weighted by atomic mass is 35.5. The first-order chi connectivity index (χ1) is 20.5. The smallest absolute Gasteiger partial charge is 0.0720 e. The van der Waals surface area contributed by atoms with E-state index in [4.69, 9.17) is 11.6 Å². The second-order valence-electron chi connectivity index (χ2n) is 11.1. The van der Waals surface area contributed by atoms with Crippen LogP contribution in [0.1, 0.15) is 75.8 Å². The van der Waals surface area contributed by atoms with Crippen LogP contribution in [0.3, 0.4) is 0 Å². The van der Waals surface area contributed by atoms with Gasteiger partial charge < -0.3 is 20.5 Å². The Balaban J connectivity index is 0.000000308. The Morgan fingerprint density at radius 1 is 1.12 bits per heavy atom. The van der Waals surface area contributed by atoms with E-state index in [9.17, 15) is 0 Å². The SMILES string of the molecule is C=CCCN1CC2(CCC2)C1.C=Cc1c(CCNC)[nH]c(-c2ccncc2CC)c1Nc1cccc(Cl)c1CC.CC. The fourth-order valence-electron chi connectivity index (χ4n) is 6.02. The van der Waals surface area contributed by atoms with Gasteiger partial charge in [-0.15, -0.1) is 6.58 Å². The summed E-state index contributed by atoms with van der Waals surface area (Å²) in [6.07, 6.45) is 16.0. The van der Waals surface area contributed by atoms with Crippen LogP contribution in [0.15, 0.2) is 55.9 Å². The van der Waals surface area contributed by atoms with Crippen LogP contribution in [0.4, 0.5) is 11.4 Å². The Bertz CT molecular complexity index is 1280. The quantitative estimate of drug-likeness (QED) is 0.184. The molecule has 2 fully saturated rings. The van der Waals surface area contributed by atoms with E-state index in [1.54, 1.807) is 0 Å². The van der Waals surface area contributed by atoms with Gasteiger partial charge in [-0.25, -0.2) is 0 Å². The third-order valence-corrected chi connectivity index (χ3v) is 8.77. The number of likely N-dealkylation sites (tertiary alicyclic amines) is 1. The van der Waals surface area contributed by atoms with Gasteiger partial charge in [-0.2, -0.15) is 0 Å². The van der Waals surface area contributed by atoms with Crippen LogP contribution >= 0.6 is 11.6 Å². The molecule has 1 spiro atoms. The van der Waals surface area contributed by atoms with Crippen molar-refractivity contribution in [2.45, 2.75) is 72.6 Å². The summed E-state index contributed by atoms with van der Waals surface area (Å²) in [6, 6.07) is 8.07. The van der Waals surface area contributed by atoms with Crippen LogP contribution in [-0.4, -0.2) is 48.1 Å². The molecule has 2 aromatic heterocycles. The molecule has 3 heterocycles. The van der Waals surface area contributed by atoms with Crippen molar-refractivity contribution >= 4 is 29.1 Å². The maximum absolute atomic E-state index is 6.46. The number of aromatic amines is 1. The first-order valence-electron chi connectivity index (χ1n) is 15.8. The molecule has 0 radical (unpaired) electrons. The van der Waals surface area contributed by atoms with E-state index in [2.05, 4.69) is 64.6 Å². The third-order valence-electron chi connectivity index (χ3n) is 8.42. The molecule has 1 aliphatic carbocycles. The molecule has 5 rings (SSSR count). The molecule has 1 aliphatic heterocycles. The minimum atomic E-state index is 0.781. The number of rotatable bonds is 12. The van der Waals surface area contributed by atoms with Gasteiger partial charge in [0.2, 0.25) is 0 Å². The molecule has 5 nitrogen and oxygen atoms in total. The summed E-state index contributed by atoms with van der Waals surface area (Å²) in [7, 11) is 1.97. The molecule has 0 amide bonds. The van der Waals surface area contributed by atoms with Gasteiger partial charge in [0.25, 0.3) is 0 Å². The number of aromatic nitrogens is 2. The molecule has 0 unspecified atom stereocenters. The van der Waals surface area contributed by atoms with E-state index >= 15 is 0 Å². The highest BCUT2D eigenvalue weighted by Gasteiger charge is 2.46. The molecule has 3 aromatic rings. The molecule has 0 atom stereocenters. The van der Waals surface area contributed by atoms with Crippen molar-refractivity contribution < 1.29 is 0 Å². The topological polar surface area (TPSA) is 56.0 Å². The van der Waals surface area contributed by atoms with E-state index in [-0.39, 0.29) is 0 Å². The maximum atomic E-state index is 6.46. The molecule has 0 bridgehead atoms. The molecular weight excluding hydrogens is 538 g/mol. The van der Waals surface area contributed by atoms with Crippen LogP contribution in [-0.2, 0) is 19.3 Å². The van der Waals surface area contributed by atoms with Crippen LogP contribution in [0.5, 0.6) is 0 Å². The van der Waals surface area contributed by atoms with Crippen molar-refractivity contribution in [3.8, 4) is 11.3 Å². The fourth-order valence-corrected chi connectivity index (χ4v) is 6.33. The van der Waals surface area contributed by atoms with Crippen LogP contribution in [0.25, 0.3) is 17.3 Å². The summed E-state index contributed by atoms with van der Waals surface area (Å²) in [4.78, 5) is 10.5. The van der Waals surface area contributed by atoms with Gasteiger partial charge in [-0.1, -0.05) is 70.5 Å². The summed E-state index contributed by atoms with van der Waals surface area (Å²) in [6.45, 7) is 21.0. The standard InChI is InChI=1S/C24H29ClN4.C10H17N.C2H6/c1-5-16-15-27-14-11-19(16)24-23(18(7-3)22(29-24)12-13-26-4)28-21-10-8-9-20(25)17(21)6-2;1-2-3-7-11-8-10(9-11)5-4-6-10;1-2/h7-11,14-15,26,28-29H,3,5-6,12-13H2,1-2,4H3;2H,1,3-9H2;1-2H3. The van der Waals surface area contributed by atoms with Gasteiger partial charge in [-0.3, -0.25) is 4.98 Å². The lowest BCUT2D eigenvalue weighted by Crippen LogP contribution is -2.59. The molecule has 1 aromatic carbocycles. The number of benzene rings is 1. The summed E-state index contributed by atoms with van der Waals surface area (Å²) < 4.78 is 0. The van der Waals surface area contributed by atoms with Crippen molar-refractivity contribution in [3.63, 3.8) is 0 Å². The third kappa shape index (κ3) is 7.94. The number of aryl methyl sites for hydroxylation is 1. The monoisotopic (exact) mass is 589 g/mol. The minimum absolute atomic E-state index is 0.781. The number of hydrogen-bond donors (Lipinski definition) is 3. The zero-order valence-electron chi connectivity index (χ0n) is 26.6. The Kier molecular flexibility index (Phi) is 13.4. The molecular formula is C36H52ClN5. The van der Waals surface area contributed by atoms with Crippen molar-refractivity contribution in [1.82, 2.24) is 20.2 Å². The molecule has 1 saturated carbocycles. The lowest BCUT2D eigenvalue weighted by Gasteiger charge is -2.56. The number of likely N-dealkylation sites (N-methyl/N-ethyl adjacent to an activating group) is 1. The minimum Gasteiger partial charge on any atom is -0.356 e. The number of nitrogens with one attached hydrogen (secondary N) is 3. The lowest BCUT2D eigenvalue weighted by atomic mass is 9.63. The average Bonchev–Trinajstić information content (AvgIpc) is 3.32. The largest absolute Gasteiger partial charge is 0.356 e. The van der Waals surface area contributed by atoms with Gasteiger partial charge in [-0.05, 0) is 73.9 Å². The van der Waals surface area contributed by atoms with Gasteiger partial charge in [0.05, 0.1) is 11.4 Å². The molecule has 1 saturated heterocycles. The normalized spacial score (nSPS) is 14.9. The van der Waals surface area contributed by atoms with Crippen LogP contribution < -0.4 is 10.6 Å². The zero-order valence-corrected chi connectivity index (χ0v) is 27.3. The van der Waals surface area contributed by atoms with Gasteiger partial charge >= 0.3 is 0 Å². The number of pyridine rings is 1. The van der Waals surface area contributed by atoms with Gasteiger partial charge in [0.1, 0.15) is 0 Å². The predicted octanol–water partition coefficient (Wildman–Crippen LogP) is 9.08. The Morgan fingerprint density at radius 2 is 1.88 bits per heavy atom. The summed E-state index contributed by atoms with van der Waals surface area (Å²) >= 11 is 6.46. The summed E-state index contributed by atoms with van der Waals surface area (Å²) in [5.74, 6) is 0. The highest BCUT2D eigenvalue weighted by Crippen LogP contribution is 2.48. The van der Waals surface area contributed by atoms with E-state index in [0.717, 1.165) is 82.1 Å². The number of H-pyrrole nitrogens is 1. The van der Waals surface area contributed by atoms with E-state index < -0.39 is 0 Å². The Morgan fingerprint density at radius 3 is 2.48 bits per heavy atom. The van der Waals surface area contributed by atoms with Crippen molar-refractivity contribution in [2.75, 3.05) is 38.5 Å². The lowest BCUT2D eigenvalue weighted by molar-refractivity contribution is -0.0583. The summed E-state index contributed by atoms with van der Waals surface area (Å²) in [5.41, 5.74) is 9.65. The van der Waals surface area contributed by atoms with E-state index in [1.807, 2.05) is 57.6 Å². The number of anilines is 2. The number of halogens is 1. The zero-order chi connectivity index (χ0) is 30.5. The van der Waals surface area contributed by atoms with Gasteiger partial charge in [0.15, 0.2) is 0 Å². The molecule has 42 heavy (non-hydrogen) atoms. The molecule has 3 N–H and O–H groups in total. The summed E-state index contributed by atoms with van der Waals surface area (Å²) in [5, 5.41) is 7.68. The van der Waals surface area contributed by atoms with Crippen molar-refractivity contribution in [3.05, 3.63) is 83.3 Å². The van der Waals surface area contributed by atoms with E-state index in [0.29, 0.717) is 0 Å². The Hall–Kier alpha value is -2.86. The highest BCUT2D eigenvalue weighted by molar-refractivity contribution is 6.31. The maximum Gasteiger partial charge on any atom is 0.0720 e. The molecule has 6 heteroatoms. The second kappa shape index (κ2) is 16.7. The van der Waals surface area contributed by atoms with Crippen molar-refractivity contribution in [1.29, 1.82) is 0 Å². The number of hydrogen-bond acceptors (Lipinski definition) is 4. The first kappa shape index (κ1) is 33.6. The average molecular weight is 590 g/mol. The van der Waals surface area contributed by atoms with Gasteiger partial charge in [0, 0.05) is 72.5 Å². The fraction of sp³-hybridized carbons (Fsp3) is 0.472. The predicted molar refractivity (Wildman–Crippen MR) is 184 cm³/mol. The Labute approximate surface area is 259 Å². The van der Waals surface area contributed by atoms with Crippen LogP contribution in [0, 0.1) is 5.41 Å².